The molecule has 4 nitrogen and oxygen atoms in total. The van der Waals surface area contributed by atoms with Crippen LogP contribution in [0, 0.1) is 6.92 Å². The Hall–Kier alpha value is -1.41. The molecule has 0 amide bonds. The van der Waals surface area contributed by atoms with Crippen LogP contribution >= 0.6 is 34.5 Å². The highest BCUT2D eigenvalue weighted by Gasteiger charge is 2.18. The first-order valence-corrected chi connectivity index (χ1v) is 10.1. The lowest BCUT2D eigenvalue weighted by Crippen LogP contribution is -2.02. The molecule has 0 aliphatic carbocycles. The topological polar surface area (TPSA) is 38.6 Å². The van der Waals surface area contributed by atoms with Gasteiger partial charge in [0.25, 0.3) is 0 Å². The number of fused-ring (bicyclic) bond motifs is 1. The number of nitrogens with zero attached hydrogens (tertiary/aromatic N) is 2. The van der Waals surface area contributed by atoms with Gasteiger partial charge < -0.3 is 10.1 Å². The fourth-order valence-electron chi connectivity index (χ4n) is 3.00. The van der Waals surface area contributed by atoms with Crippen LogP contribution in [0.4, 0.5) is 14.5 Å². The van der Waals surface area contributed by atoms with E-state index in [1.807, 2.05) is 18.4 Å². The molecule has 9 heteroatoms. The minimum Gasteiger partial charge on any atom is -0.378 e. The molecule has 0 fully saturated rings. The third-order valence-electron chi connectivity index (χ3n) is 4.27. The number of unbranched alkanes of at least 4 members (excludes halogenated alkanes) is 1. The first kappa shape index (κ1) is 20.3. The number of alkyl halides is 2. The molecular formula is C18H19Cl2F2N3OS. The first-order chi connectivity index (χ1) is 13.0. The molecule has 0 atom stereocenters. The quantitative estimate of drug-likeness (QED) is 0.409. The summed E-state index contributed by atoms with van der Waals surface area (Å²) in [6.45, 7) is -0.0380. The second-order valence-corrected chi connectivity index (χ2v) is 7.83. The van der Waals surface area contributed by atoms with Crippen LogP contribution in [-0.2, 0) is 17.7 Å². The Balaban J connectivity index is 1.80. The fraction of sp³-hybridized carbons (Fsp3) is 0.389. The van der Waals surface area contributed by atoms with Gasteiger partial charge in [-0.15, -0.1) is 11.3 Å². The molecule has 3 rings (SSSR count). The molecule has 0 bridgehead atoms. The zero-order chi connectivity index (χ0) is 19.4. The van der Waals surface area contributed by atoms with E-state index in [2.05, 4.69) is 21.2 Å². The van der Waals surface area contributed by atoms with Gasteiger partial charge >= 0.3 is 6.61 Å². The molecule has 0 radical (unpaired) electrons. The van der Waals surface area contributed by atoms with Crippen molar-refractivity contribution in [3.8, 4) is 0 Å². The van der Waals surface area contributed by atoms with Crippen molar-refractivity contribution in [2.45, 2.75) is 39.3 Å². The minimum absolute atomic E-state index is 0.0272. The molecule has 0 aliphatic rings. The Labute approximate surface area is 170 Å². The van der Waals surface area contributed by atoms with Gasteiger partial charge in [-0.1, -0.05) is 29.3 Å². The summed E-state index contributed by atoms with van der Waals surface area (Å²) in [5.74, 6) is 0. The molecule has 0 aromatic carbocycles. The van der Waals surface area contributed by atoms with Crippen molar-refractivity contribution in [3.05, 3.63) is 49.9 Å². The van der Waals surface area contributed by atoms with Crippen LogP contribution in [0.3, 0.4) is 0 Å². The summed E-state index contributed by atoms with van der Waals surface area (Å²) in [4.78, 5) is 1.20. The molecule has 0 spiro atoms. The number of anilines is 1. The highest BCUT2D eigenvalue weighted by atomic mass is 35.5. The fourth-order valence-corrected chi connectivity index (χ4v) is 4.19. The molecule has 0 aliphatic heterocycles. The zero-order valence-electron chi connectivity index (χ0n) is 14.6. The van der Waals surface area contributed by atoms with E-state index < -0.39 is 6.61 Å². The van der Waals surface area contributed by atoms with Gasteiger partial charge in [0.2, 0.25) is 0 Å². The lowest BCUT2D eigenvalue weighted by atomic mass is 10.1. The number of rotatable bonds is 9. The predicted octanol–water partition coefficient (Wildman–Crippen LogP) is 6.19. The van der Waals surface area contributed by atoms with Crippen LogP contribution in [0.15, 0.2) is 23.6 Å². The summed E-state index contributed by atoms with van der Waals surface area (Å²) in [6, 6.07) is 5.85. The molecule has 0 unspecified atom stereocenters. The van der Waals surface area contributed by atoms with Crippen LogP contribution in [0.5, 0.6) is 0 Å². The number of hydrogen-bond acceptors (Lipinski definition) is 4. The Bertz CT molecular complexity index is 900. The van der Waals surface area contributed by atoms with E-state index in [9.17, 15) is 8.78 Å². The second-order valence-electron chi connectivity index (χ2n) is 6.06. The summed E-state index contributed by atoms with van der Waals surface area (Å²) in [6.07, 6.45) is 1.88. The number of nitrogens with one attached hydrogen (secondary N) is 1. The summed E-state index contributed by atoms with van der Waals surface area (Å²) in [5.41, 5.74) is 3.69. The van der Waals surface area contributed by atoms with E-state index in [0.717, 1.165) is 22.3 Å². The Morgan fingerprint density at radius 1 is 1.33 bits per heavy atom. The number of aromatic nitrogens is 2. The third-order valence-corrected chi connectivity index (χ3v) is 5.72. The van der Waals surface area contributed by atoms with Crippen molar-refractivity contribution >= 4 is 45.7 Å². The van der Waals surface area contributed by atoms with Crippen molar-refractivity contribution < 1.29 is 13.5 Å². The average molecular weight is 434 g/mol. The van der Waals surface area contributed by atoms with E-state index in [1.54, 1.807) is 21.9 Å². The number of ether oxygens (including phenoxy) is 1. The highest BCUT2D eigenvalue weighted by molar-refractivity contribution is 7.09. The standard InChI is InChI=1S/C18H19Cl2F2N3OS/c1-11-13(6-2-3-7-26-18(21)22)17(20)25-16(11)14(9-15(19)24-25)23-10-12-5-4-8-27-12/h4-5,8-9,18,23H,2-3,6-7,10H2,1H3. The SMILES string of the molecule is Cc1c(CCCCOC(F)F)c(Cl)n2nc(Cl)cc(NCc3cccs3)c12. The van der Waals surface area contributed by atoms with E-state index in [1.165, 1.54) is 4.88 Å². The van der Waals surface area contributed by atoms with Crippen molar-refractivity contribution in [2.75, 3.05) is 11.9 Å². The summed E-state index contributed by atoms with van der Waals surface area (Å²) in [7, 11) is 0. The van der Waals surface area contributed by atoms with E-state index in [0.29, 0.717) is 36.1 Å². The van der Waals surface area contributed by atoms with Gasteiger partial charge in [-0.05, 0) is 48.8 Å². The van der Waals surface area contributed by atoms with E-state index in [4.69, 9.17) is 23.2 Å². The Kier molecular flexibility index (Phi) is 6.92. The van der Waals surface area contributed by atoms with Gasteiger partial charge in [0.1, 0.15) is 5.15 Å². The van der Waals surface area contributed by atoms with Crippen molar-refractivity contribution in [3.63, 3.8) is 0 Å². The lowest BCUT2D eigenvalue weighted by Gasteiger charge is -2.09. The molecule has 27 heavy (non-hydrogen) atoms. The largest absolute Gasteiger partial charge is 0.378 e. The Morgan fingerprint density at radius 3 is 2.85 bits per heavy atom. The number of hydrogen-bond donors (Lipinski definition) is 1. The van der Waals surface area contributed by atoms with Gasteiger partial charge in [-0.25, -0.2) is 4.52 Å². The summed E-state index contributed by atoms with van der Waals surface area (Å²) in [5, 5.41) is 10.6. The van der Waals surface area contributed by atoms with E-state index >= 15 is 0 Å². The summed E-state index contributed by atoms with van der Waals surface area (Å²) >= 11 is 14.4. The molecule has 3 aromatic rings. The number of halogens is 4. The normalized spacial score (nSPS) is 11.6. The third kappa shape index (κ3) is 4.90. The predicted molar refractivity (Wildman–Crippen MR) is 106 cm³/mol. The molecule has 0 saturated carbocycles. The first-order valence-electron chi connectivity index (χ1n) is 8.49. The van der Waals surface area contributed by atoms with Gasteiger partial charge in [-0.3, -0.25) is 0 Å². The van der Waals surface area contributed by atoms with Crippen molar-refractivity contribution in [1.29, 1.82) is 0 Å². The zero-order valence-corrected chi connectivity index (χ0v) is 17.0. The van der Waals surface area contributed by atoms with Gasteiger partial charge in [-0.2, -0.15) is 13.9 Å². The van der Waals surface area contributed by atoms with Crippen molar-refractivity contribution in [2.24, 2.45) is 0 Å². The maximum Gasteiger partial charge on any atom is 0.345 e. The van der Waals surface area contributed by atoms with Crippen LogP contribution in [-0.4, -0.2) is 22.8 Å². The number of aryl methyl sites for hydroxylation is 1. The molecule has 3 heterocycles. The van der Waals surface area contributed by atoms with Crippen LogP contribution in [0.2, 0.25) is 10.3 Å². The second kappa shape index (κ2) is 9.19. The van der Waals surface area contributed by atoms with Gasteiger partial charge in [0.15, 0.2) is 5.15 Å². The van der Waals surface area contributed by atoms with Gasteiger partial charge in [0.05, 0.1) is 17.8 Å². The Morgan fingerprint density at radius 2 is 2.15 bits per heavy atom. The van der Waals surface area contributed by atoms with Crippen LogP contribution in [0.1, 0.15) is 28.8 Å². The monoisotopic (exact) mass is 433 g/mol. The van der Waals surface area contributed by atoms with Crippen LogP contribution < -0.4 is 5.32 Å². The van der Waals surface area contributed by atoms with E-state index in [-0.39, 0.29) is 6.61 Å². The highest BCUT2D eigenvalue weighted by Crippen LogP contribution is 2.33. The molecule has 0 saturated heterocycles. The molecule has 146 valence electrons. The average Bonchev–Trinajstić information content (AvgIpc) is 3.21. The maximum atomic E-state index is 12.0. The molecule has 1 N–H and O–H groups in total. The molecular weight excluding hydrogens is 415 g/mol. The minimum atomic E-state index is -2.73. The van der Waals surface area contributed by atoms with Crippen LogP contribution in [0.25, 0.3) is 5.52 Å². The lowest BCUT2D eigenvalue weighted by molar-refractivity contribution is -0.129. The number of thiophene rings is 1. The summed E-state index contributed by atoms with van der Waals surface area (Å²) < 4.78 is 30.0. The molecule has 3 aromatic heterocycles. The van der Waals surface area contributed by atoms with Gasteiger partial charge in [0, 0.05) is 17.5 Å². The maximum absolute atomic E-state index is 12.0. The smallest absolute Gasteiger partial charge is 0.345 e. The van der Waals surface area contributed by atoms with Crippen molar-refractivity contribution in [1.82, 2.24) is 9.61 Å².